The first-order valence-electron chi connectivity index (χ1n) is 5.63. The quantitative estimate of drug-likeness (QED) is 0.874. The Hall–Kier alpha value is -2.03. The molecule has 88 valence electrons. The first kappa shape index (κ1) is 11.5. The average Bonchev–Trinajstić information content (AvgIpc) is 2.37. The van der Waals surface area contributed by atoms with Crippen LogP contribution in [-0.2, 0) is 6.54 Å². The van der Waals surface area contributed by atoms with Gasteiger partial charge in [0.1, 0.15) is 12.3 Å². The lowest BCUT2D eigenvalue weighted by molar-refractivity contribution is -0.361. The second-order valence-electron chi connectivity index (χ2n) is 3.95. The van der Waals surface area contributed by atoms with E-state index in [2.05, 4.69) is 29.4 Å². The lowest BCUT2D eigenvalue weighted by Gasteiger charge is -2.06. The summed E-state index contributed by atoms with van der Waals surface area (Å²) in [5.41, 5.74) is 2.37. The molecule has 0 amide bonds. The highest BCUT2D eigenvalue weighted by Crippen LogP contribution is 2.17. The topological polar surface area (TPSA) is 35.4 Å². The summed E-state index contributed by atoms with van der Waals surface area (Å²) in [5.74, 6) is 1.92. The smallest absolute Gasteiger partial charge is 0.272 e. The number of benzene rings is 1. The number of H-pyrrole nitrogens is 1. The summed E-state index contributed by atoms with van der Waals surface area (Å²) in [6.07, 6.45) is 1.93. The number of rotatable bonds is 4. The molecule has 0 radical (unpaired) electrons. The van der Waals surface area contributed by atoms with Gasteiger partial charge in [-0.2, -0.15) is 0 Å². The summed E-state index contributed by atoms with van der Waals surface area (Å²) in [6.45, 7) is 2.81. The van der Waals surface area contributed by atoms with Crippen LogP contribution in [0.2, 0.25) is 0 Å². The summed E-state index contributed by atoms with van der Waals surface area (Å²) in [7, 11) is 1.69. The lowest BCUT2D eigenvalue weighted by atomic mass is 10.2. The van der Waals surface area contributed by atoms with Gasteiger partial charge in [0.15, 0.2) is 0 Å². The Labute approximate surface area is 101 Å². The van der Waals surface area contributed by atoms with Gasteiger partial charge < -0.3 is 4.74 Å². The molecule has 0 aliphatic carbocycles. The molecule has 1 aromatic heterocycles. The largest absolute Gasteiger partial charge is 0.496 e. The number of hydrogen-bond donors (Lipinski definition) is 1. The molecule has 1 heterocycles. The van der Waals surface area contributed by atoms with Crippen LogP contribution in [0.15, 0.2) is 42.6 Å². The minimum absolute atomic E-state index is 0.740. The third-order valence-corrected chi connectivity index (χ3v) is 2.62. The molecule has 0 atom stereocenters. The summed E-state index contributed by atoms with van der Waals surface area (Å²) in [4.78, 5) is 3.17. The Morgan fingerprint density at radius 3 is 2.82 bits per heavy atom. The number of nitrogens with one attached hydrogen (secondary N) is 2. The molecule has 0 aliphatic rings. The van der Waals surface area contributed by atoms with E-state index in [0.717, 1.165) is 23.7 Å². The van der Waals surface area contributed by atoms with Crippen molar-refractivity contribution in [2.75, 3.05) is 12.4 Å². The molecule has 0 fully saturated rings. The molecule has 2 rings (SSSR count). The van der Waals surface area contributed by atoms with Crippen LogP contribution in [0.1, 0.15) is 11.1 Å². The zero-order valence-electron chi connectivity index (χ0n) is 10.2. The van der Waals surface area contributed by atoms with Crippen LogP contribution in [0.25, 0.3) is 0 Å². The van der Waals surface area contributed by atoms with E-state index in [1.165, 1.54) is 5.56 Å². The van der Waals surface area contributed by atoms with E-state index in [0.29, 0.717) is 0 Å². The highest BCUT2D eigenvalue weighted by Gasteiger charge is 2.05. The molecule has 0 aliphatic heterocycles. The van der Waals surface area contributed by atoms with Gasteiger partial charge in [-0.3, -0.25) is 5.32 Å². The molecule has 3 heteroatoms. The summed E-state index contributed by atoms with van der Waals surface area (Å²) >= 11 is 0. The average molecular weight is 229 g/mol. The monoisotopic (exact) mass is 229 g/mol. The van der Waals surface area contributed by atoms with Crippen LogP contribution in [0.3, 0.4) is 0 Å². The highest BCUT2D eigenvalue weighted by molar-refractivity contribution is 5.38. The fourth-order valence-electron chi connectivity index (χ4n) is 1.72. The van der Waals surface area contributed by atoms with Crippen LogP contribution < -0.4 is 15.0 Å². The molecule has 3 nitrogen and oxygen atoms in total. The zero-order valence-corrected chi connectivity index (χ0v) is 10.2. The third kappa shape index (κ3) is 2.97. The number of hydrogen-bond acceptors (Lipinski definition) is 2. The molecular weight excluding hydrogens is 212 g/mol. The van der Waals surface area contributed by atoms with Crippen molar-refractivity contribution in [1.29, 1.82) is 0 Å². The summed E-state index contributed by atoms with van der Waals surface area (Å²) < 4.78 is 5.31. The summed E-state index contributed by atoms with van der Waals surface area (Å²) in [6, 6.07) is 12.1. The normalized spacial score (nSPS) is 10.0. The SMILES string of the molecule is COc1ccccc1CNc1cc(C)cc[nH+]1. The number of anilines is 1. The van der Waals surface area contributed by atoms with Crippen molar-refractivity contribution in [1.82, 2.24) is 0 Å². The van der Waals surface area contributed by atoms with Gasteiger partial charge in [-0.15, -0.1) is 0 Å². The van der Waals surface area contributed by atoms with E-state index < -0.39 is 0 Å². The van der Waals surface area contributed by atoms with Gasteiger partial charge in [0.05, 0.1) is 13.3 Å². The van der Waals surface area contributed by atoms with E-state index in [4.69, 9.17) is 4.74 Å². The Morgan fingerprint density at radius 2 is 2.06 bits per heavy atom. The Kier molecular flexibility index (Phi) is 3.60. The van der Waals surface area contributed by atoms with Crippen LogP contribution in [0, 0.1) is 6.92 Å². The van der Waals surface area contributed by atoms with Crippen LogP contribution >= 0.6 is 0 Å². The van der Waals surface area contributed by atoms with Crippen molar-refractivity contribution >= 4 is 5.82 Å². The molecule has 0 unspecified atom stereocenters. The maximum absolute atomic E-state index is 5.31. The number of methoxy groups -OCH3 is 1. The van der Waals surface area contributed by atoms with Crippen molar-refractivity contribution in [3.8, 4) is 5.75 Å². The Morgan fingerprint density at radius 1 is 1.24 bits per heavy atom. The van der Waals surface area contributed by atoms with E-state index >= 15 is 0 Å². The van der Waals surface area contributed by atoms with Gasteiger partial charge in [-0.25, -0.2) is 4.98 Å². The number of aromatic nitrogens is 1. The van der Waals surface area contributed by atoms with E-state index in [1.807, 2.05) is 30.5 Å². The fourth-order valence-corrected chi connectivity index (χ4v) is 1.72. The van der Waals surface area contributed by atoms with E-state index in [1.54, 1.807) is 7.11 Å². The highest BCUT2D eigenvalue weighted by atomic mass is 16.5. The van der Waals surface area contributed by atoms with E-state index in [-0.39, 0.29) is 0 Å². The standard InChI is InChI=1S/C14H16N2O/c1-11-7-8-15-14(9-11)16-10-12-5-3-4-6-13(12)17-2/h3-9H,10H2,1-2H3,(H,15,16)/p+1. The molecule has 2 aromatic rings. The predicted molar refractivity (Wildman–Crippen MR) is 68.1 cm³/mol. The van der Waals surface area contributed by atoms with Crippen LogP contribution in [0.4, 0.5) is 5.82 Å². The number of ether oxygens (including phenoxy) is 1. The second kappa shape index (κ2) is 5.34. The third-order valence-electron chi connectivity index (χ3n) is 2.62. The Balaban J connectivity index is 2.07. The van der Waals surface area contributed by atoms with Gasteiger partial charge in [0.2, 0.25) is 0 Å². The molecule has 1 aromatic carbocycles. The van der Waals surface area contributed by atoms with Crippen LogP contribution in [0.5, 0.6) is 5.75 Å². The van der Waals surface area contributed by atoms with Crippen molar-refractivity contribution < 1.29 is 9.72 Å². The van der Waals surface area contributed by atoms with Gasteiger partial charge in [0.25, 0.3) is 5.82 Å². The van der Waals surface area contributed by atoms with Gasteiger partial charge in [0, 0.05) is 11.6 Å². The molecule has 2 N–H and O–H groups in total. The maximum atomic E-state index is 5.31. The maximum Gasteiger partial charge on any atom is 0.272 e. The number of aryl methyl sites for hydroxylation is 1. The number of pyridine rings is 1. The van der Waals surface area contributed by atoms with Crippen molar-refractivity contribution in [2.24, 2.45) is 0 Å². The second-order valence-corrected chi connectivity index (χ2v) is 3.95. The molecule has 0 saturated heterocycles. The van der Waals surface area contributed by atoms with Crippen molar-refractivity contribution in [3.63, 3.8) is 0 Å². The molecular formula is C14H17N2O+. The van der Waals surface area contributed by atoms with Gasteiger partial charge >= 0.3 is 0 Å². The van der Waals surface area contributed by atoms with Crippen molar-refractivity contribution in [3.05, 3.63) is 53.7 Å². The molecule has 17 heavy (non-hydrogen) atoms. The van der Waals surface area contributed by atoms with Crippen molar-refractivity contribution in [2.45, 2.75) is 13.5 Å². The number of aromatic amines is 1. The molecule has 0 saturated carbocycles. The number of para-hydroxylation sites is 1. The first-order valence-corrected chi connectivity index (χ1v) is 5.63. The van der Waals surface area contributed by atoms with E-state index in [9.17, 15) is 0 Å². The molecule has 0 spiro atoms. The lowest BCUT2D eigenvalue weighted by Crippen LogP contribution is -2.12. The minimum Gasteiger partial charge on any atom is -0.496 e. The Bertz CT molecular complexity index is 497. The summed E-state index contributed by atoms with van der Waals surface area (Å²) in [5, 5.41) is 3.34. The van der Waals surface area contributed by atoms with Gasteiger partial charge in [-0.05, 0) is 24.6 Å². The first-order chi connectivity index (χ1) is 8.29. The molecule has 0 bridgehead atoms. The van der Waals surface area contributed by atoms with Gasteiger partial charge in [-0.1, -0.05) is 18.2 Å². The fraction of sp³-hybridized carbons (Fsp3) is 0.214. The zero-order chi connectivity index (χ0) is 12.1. The predicted octanol–water partition coefficient (Wildman–Crippen LogP) is 2.43. The van der Waals surface area contributed by atoms with Crippen LogP contribution in [-0.4, -0.2) is 7.11 Å². The minimum atomic E-state index is 0.740.